The Bertz CT molecular complexity index is 406. The standard InChI is InChI=1S/C16H26F2N2O/c1-4-6-19-16(5-7-20(3)11-12(2)21)13-8-14(17)10-15(18)9-13/h8-10,12,16,19,21H,4-7,11H2,1-3H3. The van der Waals surface area contributed by atoms with Crippen LogP contribution < -0.4 is 5.32 Å². The highest BCUT2D eigenvalue weighted by Gasteiger charge is 2.14. The minimum atomic E-state index is -0.550. The molecule has 0 aliphatic rings. The zero-order valence-corrected chi connectivity index (χ0v) is 13.1. The lowest BCUT2D eigenvalue weighted by atomic mass is 10.0. The molecule has 0 aliphatic carbocycles. The smallest absolute Gasteiger partial charge is 0.126 e. The van der Waals surface area contributed by atoms with Gasteiger partial charge in [0.2, 0.25) is 0 Å². The first-order valence-electron chi connectivity index (χ1n) is 7.48. The number of hydrogen-bond donors (Lipinski definition) is 2. The van der Waals surface area contributed by atoms with Gasteiger partial charge in [0, 0.05) is 18.7 Å². The van der Waals surface area contributed by atoms with E-state index < -0.39 is 11.6 Å². The van der Waals surface area contributed by atoms with Crippen molar-refractivity contribution in [1.29, 1.82) is 0 Å². The topological polar surface area (TPSA) is 35.5 Å². The van der Waals surface area contributed by atoms with E-state index in [2.05, 4.69) is 12.2 Å². The van der Waals surface area contributed by atoms with Crippen LogP contribution in [0.1, 0.15) is 38.3 Å². The highest BCUT2D eigenvalue weighted by Crippen LogP contribution is 2.20. The van der Waals surface area contributed by atoms with E-state index >= 15 is 0 Å². The van der Waals surface area contributed by atoms with Gasteiger partial charge in [-0.3, -0.25) is 0 Å². The van der Waals surface area contributed by atoms with Crippen molar-refractivity contribution < 1.29 is 13.9 Å². The van der Waals surface area contributed by atoms with Crippen molar-refractivity contribution in [1.82, 2.24) is 10.2 Å². The molecule has 0 radical (unpaired) electrons. The summed E-state index contributed by atoms with van der Waals surface area (Å²) in [4.78, 5) is 2.01. The summed E-state index contributed by atoms with van der Waals surface area (Å²) in [5, 5.41) is 12.7. The van der Waals surface area contributed by atoms with Crippen LogP contribution in [-0.4, -0.2) is 42.8 Å². The van der Waals surface area contributed by atoms with Gasteiger partial charge >= 0.3 is 0 Å². The van der Waals surface area contributed by atoms with Gasteiger partial charge in [-0.1, -0.05) is 6.92 Å². The molecule has 120 valence electrons. The zero-order valence-electron chi connectivity index (χ0n) is 13.1. The van der Waals surface area contributed by atoms with E-state index in [0.29, 0.717) is 12.1 Å². The number of nitrogens with zero attached hydrogens (tertiary/aromatic N) is 1. The van der Waals surface area contributed by atoms with Crippen molar-refractivity contribution in [2.24, 2.45) is 0 Å². The molecule has 0 saturated heterocycles. The van der Waals surface area contributed by atoms with Crippen molar-refractivity contribution in [3.63, 3.8) is 0 Å². The summed E-state index contributed by atoms with van der Waals surface area (Å²) < 4.78 is 26.7. The molecule has 0 fully saturated rings. The summed E-state index contributed by atoms with van der Waals surface area (Å²) >= 11 is 0. The molecule has 0 spiro atoms. The minimum Gasteiger partial charge on any atom is -0.392 e. The van der Waals surface area contributed by atoms with Gasteiger partial charge in [0.05, 0.1) is 6.10 Å². The molecule has 0 amide bonds. The zero-order chi connectivity index (χ0) is 15.8. The van der Waals surface area contributed by atoms with E-state index in [1.165, 1.54) is 12.1 Å². The van der Waals surface area contributed by atoms with E-state index in [-0.39, 0.29) is 12.1 Å². The van der Waals surface area contributed by atoms with Crippen LogP contribution in [-0.2, 0) is 0 Å². The number of likely N-dealkylation sites (N-methyl/N-ethyl adjacent to an activating group) is 1. The van der Waals surface area contributed by atoms with Gasteiger partial charge in [0.25, 0.3) is 0 Å². The quantitative estimate of drug-likeness (QED) is 0.736. The maximum atomic E-state index is 13.4. The molecular formula is C16H26F2N2O. The van der Waals surface area contributed by atoms with E-state index in [1.54, 1.807) is 6.92 Å². The number of hydrogen-bond acceptors (Lipinski definition) is 3. The van der Waals surface area contributed by atoms with E-state index in [0.717, 1.165) is 32.0 Å². The fourth-order valence-corrected chi connectivity index (χ4v) is 2.37. The Morgan fingerprint density at radius 1 is 1.24 bits per heavy atom. The average Bonchev–Trinajstić information content (AvgIpc) is 2.36. The third kappa shape index (κ3) is 6.98. The Kier molecular flexibility index (Phi) is 7.78. The van der Waals surface area contributed by atoms with Crippen LogP contribution in [0.4, 0.5) is 8.78 Å². The van der Waals surface area contributed by atoms with E-state index in [4.69, 9.17) is 0 Å². The first-order chi connectivity index (χ1) is 9.92. The van der Waals surface area contributed by atoms with Gasteiger partial charge < -0.3 is 15.3 Å². The third-order valence-electron chi connectivity index (χ3n) is 3.30. The third-order valence-corrected chi connectivity index (χ3v) is 3.30. The van der Waals surface area contributed by atoms with Crippen molar-refractivity contribution in [3.8, 4) is 0 Å². The molecule has 21 heavy (non-hydrogen) atoms. The first-order valence-corrected chi connectivity index (χ1v) is 7.48. The lowest BCUT2D eigenvalue weighted by molar-refractivity contribution is 0.139. The minimum absolute atomic E-state index is 0.0911. The molecule has 0 aromatic heterocycles. The summed E-state index contributed by atoms with van der Waals surface area (Å²) in [6, 6.07) is 3.56. The van der Waals surface area contributed by atoms with Crippen LogP contribution in [0.3, 0.4) is 0 Å². The number of aliphatic hydroxyl groups is 1. The van der Waals surface area contributed by atoms with Gasteiger partial charge in [0.15, 0.2) is 0 Å². The van der Waals surface area contributed by atoms with Crippen molar-refractivity contribution in [2.45, 2.75) is 38.8 Å². The maximum absolute atomic E-state index is 13.4. The van der Waals surface area contributed by atoms with Gasteiger partial charge in [-0.25, -0.2) is 8.78 Å². The second-order valence-electron chi connectivity index (χ2n) is 5.61. The molecule has 2 N–H and O–H groups in total. The summed E-state index contributed by atoms with van der Waals surface area (Å²) in [5.41, 5.74) is 0.631. The van der Waals surface area contributed by atoms with Gasteiger partial charge in [0.1, 0.15) is 11.6 Å². The Morgan fingerprint density at radius 3 is 2.38 bits per heavy atom. The Morgan fingerprint density at radius 2 is 1.86 bits per heavy atom. The van der Waals surface area contributed by atoms with Gasteiger partial charge in [-0.15, -0.1) is 0 Å². The number of rotatable bonds is 9. The fourth-order valence-electron chi connectivity index (χ4n) is 2.37. The molecular weight excluding hydrogens is 274 g/mol. The monoisotopic (exact) mass is 300 g/mol. The molecule has 1 aromatic rings. The van der Waals surface area contributed by atoms with Crippen LogP contribution in [0.5, 0.6) is 0 Å². The van der Waals surface area contributed by atoms with Crippen molar-refractivity contribution in [2.75, 3.05) is 26.7 Å². The Balaban J connectivity index is 2.70. The van der Waals surface area contributed by atoms with Gasteiger partial charge in [-0.05, 0) is 57.6 Å². The van der Waals surface area contributed by atoms with Crippen LogP contribution in [0, 0.1) is 11.6 Å². The Hall–Kier alpha value is -1.04. The fraction of sp³-hybridized carbons (Fsp3) is 0.625. The highest BCUT2D eigenvalue weighted by atomic mass is 19.1. The molecule has 0 heterocycles. The van der Waals surface area contributed by atoms with Gasteiger partial charge in [-0.2, -0.15) is 0 Å². The van der Waals surface area contributed by atoms with E-state index in [9.17, 15) is 13.9 Å². The lowest BCUT2D eigenvalue weighted by Gasteiger charge is -2.24. The molecule has 1 rings (SSSR count). The van der Waals surface area contributed by atoms with Crippen LogP contribution >= 0.6 is 0 Å². The summed E-state index contributed by atoms with van der Waals surface area (Å²) in [6.45, 7) is 5.91. The molecule has 5 heteroatoms. The van der Waals surface area contributed by atoms with E-state index in [1.807, 2.05) is 11.9 Å². The summed E-state index contributed by atoms with van der Waals surface area (Å²) in [6.07, 6.45) is 1.30. The maximum Gasteiger partial charge on any atom is 0.126 e. The molecule has 1 aromatic carbocycles. The SMILES string of the molecule is CCCNC(CCN(C)CC(C)O)c1cc(F)cc(F)c1. The molecule has 0 aliphatic heterocycles. The second kappa shape index (κ2) is 9.07. The predicted molar refractivity (Wildman–Crippen MR) is 81.2 cm³/mol. The molecule has 3 nitrogen and oxygen atoms in total. The summed E-state index contributed by atoms with van der Waals surface area (Å²) in [7, 11) is 1.93. The molecule has 0 saturated carbocycles. The number of halogens is 2. The normalized spacial score (nSPS) is 14.4. The largest absolute Gasteiger partial charge is 0.392 e. The average molecular weight is 300 g/mol. The Labute approximate surface area is 126 Å². The van der Waals surface area contributed by atoms with Crippen molar-refractivity contribution in [3.05, 3.63) is 35.4 Å². The summed E-state index contributed by atoms with van der Waals surface area (Å²) in [5.74, 6) is -1.10. The molecule has 0 bridgehead atoms. The second-order valence-corrected chi connectivity index (χ2v) is 5.61. The number of benzene rings is 1. The number of aliphatic hydroxyl groups excluding tert-OH is 1. The first kappa shape index (κ1) is 18.0. The number of nitrogens with one attached hydrogen (secondary N) is 1. The van der Waals surface area contributed by atoms with Crippen LogP contribution in [0.2, 0.25) is 0 Å². The predicted octanol–water partition coefficient (Wildman–Crippen LogP) is 2.71. The van der Waals surface area contributed by atoms with Crippen LogP contribution in [0.25, 0.3) is 0 Å². The highest BCUT2D eigenvalue weighted by molar-refractivity contribution is 5.21. The lowest BCUT2D eigenvalue weighted by Crippen LogP contribution is -2.31. The molecule has 2 unspecified atom stereocenters. The van der Waals surface area contributed by atoms with Crippen LogP contribution in [0.15, 0.2) is 18.2 Å². The van der Waals surface area contributed by atoms with Crippen molar-refractivity contribution >= 4 is 0 Å². The molecule has 2 atom stereocenters.